The number of aliphatic hydroxyl groups excluding tert-OH is 1. The fourth-order valence-corrected chi connectivity index (χ4v) is 2.17. The van der Waals surface area contributed by atoms with Gasteiger partial charge in [-0.1, -0.05) is 19.6 Å². The summed E-state index contributed by atoms with van der Waals surface area (Å²) in [6.45, 7) is 8.28. The van der Waals surface area contributed by atoms with Crippen molar-refractivity contribution in [3.63, 3.8) is 0 Å². The third-order valence-corrected chi connectivity index (χ3v) is 3.17. The first kappa shape index (κ1) is 14.0. The molecule has 0 aromatic rings. The van der Waals surface area contributed by atoms with E-state index in [2.05, 4.69) is 31.1 Å². The number of carbonyl (C=O) groups excluding carboxylic acids is 1. The highest BCUT2D eigenvalue weighted by molar-refractivity contribution is 6.83. The molecule has 0 saturated carbocycles. The summed E-state index contributed by atoms with van der Waals surface area (Å²) in [4.78, 5) is 11.3. The molecule has 0 saturated heterocycles. The van der Waals surface area contributed by atoms with E-state index in [1.807, 2.05) is 6.92 Å². The van der Waals surface area contributed by atoms with Crippen LogP contribution in [0.5, 0.6) is 0 Å². The fourth-order valence-electron chi connectivity index (χ4n) is 1.54. The van der Waals surface area contributed by atoms with E-state index in [0.29, 0.717) is 18.4 Å². The number of esters is 1. The normalized spacial score (nSPS) is 21.4. The Morgan fingerprint density at radius 3 is 2.65 bits per heavy atom. The van der Waals surface area contributed by atoms with Crippen molar-refractivity contribution >= 4 is 14.0 Å². The molecule has 94 valence electrons. The van der Waals surface area contributed by atoms with Crippen LogP contribution in [0.4, 0.5) is 0 Å². The smallest absolute Gasteiger partial charge is 0.334 e. The van der Waals surface area contributed by atoms with Crippen LogP contribution in [-0.2, 0) is 9.53 Å². The van der Waals surface area contributed by atoms with Crippen molar-refractivity contribution < 1.29 is 14.6 Å². The lowest BCUT2D eigenvalue weighted by atomic mass is 10.1. The highest BCUT2D eigenvalue weighted by Gasteiger charge is 2.23. The SMILES string of the molecule is C[C@H]1C=C(C[C@H](O)CC#C[Si](C)(C)C)C(=O)O1. The average Bonchev–Trinajstić information content (AvgIpc) is 2.42. The molecule has 0 aromatic heterocycles. The van der Waals surface area contributed by atoms with E-state index in [4.69, 9.17) is 4.74 Å². The number of aliphatic hydroxyl groups is 1. The minimum atomic E-state index is -1.37. The zero-order chi connectivity index (χ0) is 13.1. The summed E-state index contributed by atoms with van der Waals surface area (Å²) in [5, 5.41) is 9.77. The lowest BCUT2D eigenvalue weighted by Gasteiger charge is -2.07. The second-order valence-corrected chi connectivity index (χ2v) is 10.2. The van der Waals surface area contributed by atoms with Gasteiger partial charge in [0, 0.05) is 18.4 Å². The monoisotopic (exact) mass is 252 g/mol. The standard InChI is InChI=1S/C13H20O3Si/c1-10-8-11(13(15)16-10)9-12(14)6-5-7-17(2,3)4/h8,10,12,14H,6,9H2,1-4H3/t10-,12+/m0/s1. The van der Waals surface area contributed by atoms with Gasteiger partial charge in [-0.05, 0) is 13.0 Å². The van der Waals surface area contributed by atoms with E-state index in [0.717, 1.165) is 0 Å². The maximum Gasteiger partial charge on any atom is 0.334 e. The fraction of sp³-hybridized carbons (Fsp3) is 0.615. The van der Waals surface area contributed by atoms with Crippen LogP contribution in [0.3, 0.4) is 0 Å². The Bertz CT molecular complexity index is 382. The first-order chi connectivity index (χ1) is 7.78. The maximum atomic E-state index is 11.3. The Hall–Kier alpha value is -1.05. The van der Waals surface area contributed by atoms with Crippen LogP contribution in [0.2, 0.25) is 19.6 Å². The Morgan fingerprint density at radius 2 is 2.18 bits per heavy atom. The average molecular weight is 252 g/mol. The zero-order valence-corrected chi connectivity index (χ0v) is 11.9. The van der Waals surface area contributed by atoms with Gasteiger partial charge in [-0.15, -0.1) is 11.5 Å². The van der Waals surface area contributed by atoms with E-state index in [1.54, 1.807) is 6.08 Å². The molecule has 1 aliphatic rings. The molecule has 0 aliphatic carbocycles. The summed E-state index contributed by atoms with van der Waals surface area (Å²) in [6.07, 6.45) is 1.77. The number of rotatable bonds is 3. The van der Waals surface area contributed by atoms with Crippen molar-refractivity contribution in [2.75, 3.05) is 0 Å². The molecule has 1 heterocycles. The van der Waals surface area contributed by atoms with Crippen molar-refractivity contribution in [1.82, 2.24) is 0 Å². The Labute approximate surface area is 104 Å². The Morgan fingerprint density at radius 1 is 1.53 bits per heavy atom. The first-order valence-corrected chi connectivity index (χ1v) is 9.38. The number of hydrogen-bond donors (Lipinski definition) is 1. The summed E-state index contributed by atoms with van der Waals surface area (Å²) in [6, 6.07) is 0. The predicted molar refractivity (Wildman–Crippen MR) is 70.0 cm³/mol. The molecule has 0 spiro atoms. The molecular weight excluding hydrogens is 232 g/mol. The van der Waals surface area contributed by atoms with Crippen LogP contribution in [0.25, 0.3) is 0 Å². The second-order valence-electron chi connectivity index (χ2n) is 5.42. The van der Waals surface area contributed by atoms with Crippen LogP contribution in [-0.4, -0.2) is 31.4 Å². The molecule has 0 unspecified atom stereocenters. The summed E-state index contributed by atoms with van der Waals surface area (Å²) in [5.41, 5.74) is 3.76. The maximum absolute atomic E-state index is 11.3. The van der Waals surface area contributed by atoms with Crippen LogP contribution in [0.15, 0.2) is 11.6 Å². The number of cyclic esters (lactones) is 1. The molecule has 0 fully saturated rings. The first-order valence-electron chi connectivity index (χ1n) is 5.88. The van der Waals surface area contributed by atoms with E-state index < -0.39 is 14.2 Å². The Balaban J connectivity index is 2.45. The molecular formula is C13H20O3Si. The minimum Gasteiger partial charge on any atom is -0.455 e. The number of hydrogen-bond acceptors (Lipinski definition) is 3. The number of ether oxygens (including phenoxy) is 1. The second kappa shape index (κ2) is 5.52. The molecule has 1 aliphatic heterocycles. The third-order valence-electron chi connectivity index (χ3n) is 2.25. The Kier molecular flexibility index (Phi) is 4.55. The van der Waals surface area contributed by atoms with Crippen molar-refractivity contribution in [2.45, 2.75) is 51.6 Å². The van der Waals surface area contributed by atoms with Gasteiger partial charge in [0.15, 0.2) is 0 Å². The zero-order valence-electron chi connectivity index (χ0n) is 10.9. The topological polar surface area (TPSA) is 46.5 Å². The summed E-state index contributed by atoms with van der Waals surface area (Å²) < 4.78 is 4.96. The lowest BCUT2D eigenvalue weighted by molar-refractivity contribution is -0.139. The van der Waals surface area contributed by atoms with Crippen LogP contribution >= 0.6 is 0 Å². The minimum absolute atomic E-state index is 0.169. The molecule has 4 heteroatoms. The van der Waals surface area contributed by atoms with Crippen molar-refractivity contribution in [3.8, 4) is 11.5 Å². The van der Waals surface area contributed by atoms with Crippen molar-refractivity contribution in [1.29, 1.82) is 0 Å². The highest BCUT2D eigenvalue weighted by atomic mass is 28.3. The van der Waals surface area contributed by atoms with Gasteiger partial charge in [0.1, 0.15) is 14.2 Å². The molecule has 0 bridgehead atoms. The van der Waals surface area contributed by atoms with E-state index >= 15 is 0 Å². The van der Waals surface area contributed by atoms with Crippen LogP contribution < -0.4 is 0 Å². The van der Waals surface area contributed by atoms with Crippen molar-refractivity contribution in [2.24, 2.45) is 0 Å². The van der Waals surface area contributed by atoms with Crippen LogP contribution in [0, 0.1) is 11.5 Å². The van der Waals surface area contributed by atoms with E-state index in [9.17, 15) is 9.90 Å². The van der Waals surface area contributed by atoms with Gasteiger partial charge in [-0.3, -0.25) is 0 Å². The van der Waals surface area contributed by atoms with Crippen molar-refractivity contribution in [3.05, 3.63) is 11.6 Å². The molecule has 2 atom stereocenters. The molecule has 1 N–H and O–H groups in total. The molecule has 17 heavy (non-hydrogen) atoms. The quantitative estimate of drug-likeness (QED) is 0.474. The van der Waals surface area contributed by atoms with Gasteiger partial charge in [-0.2, -0.15) is 0 Å². The predicted octanol–water partition coefficient (Wildman–Crippen LogP) is 1.88. The number of carbonyl (C=O) groups is 1. The van der Waals surface area contributed by atoms with E-state index in [-0.39, 0.29) is 12.1 Å². The highest BCUT2D eigenvalue weighted by Crippen LogP contribution is 2.18. The summed E-state index contributed by atoms with van der Waals surface area (Å²) >= 11 is 0. The lowest BCUT2D eigenvalue weighted by Crippen LogP contribution is -2.17. The van der Waals surface area contributed by atoms with Crippen LogP contribution in [0.1, 0.15) is 19.8 Å². The van der Waals surface area contributed by atoms with Gasteiger partial charge in [0.25, 0.3) is 0 Å². The summed E-state index contributed by atoms with van der Waals surface area (Å²) in [5.74, 6) is 2.70. The van der Waals surface area contributed by atoms with Gasteiger partial charge in [0.05, 0.1) is 6.10 Å². The van der Waals surface area contributed by atoms with E-state index in [1.165, 1.54) is 0 Å². The molecule has 0 aromatic carbocycles. The molecule has 0 amide bonds. The molecule has 3 nitrogen and oxygen atoms in total. The summed E-state index contributed by atoms with van der Waals surface area (Å²) in [7, 11) is -1.37. The molecule has 0 radical (unpaired) electrons. The van der Waals surface area contributed by atoms with Gasteiger partial charge in [0.2, 0.25) is 0 Å². The molecule has 1 rings (SSSR count). The third kappa shape index (κ3) is 5.20. The van der Waals surface area contributed by atoms with Gasteiger partial charge >= 0.3 is 5.97 Å². The largest absolute Gasteiger partial charge is 0.455 e. The van der Waals surface area contributed by atoms with Gasteiger partial charge < -0.3 is 9.84 Å². The van der Waals surface area contributed by atoms with Gasteiger partial charge in [-0.25, -0.2) is 4.79 Å².